The summed E-state index contributed by atoms with van der Waals surface area (Å²) in [6.45, 7) is 5.38. The van der Waals surface area contributed by atoms with Crippen LogP contribution in [0.25, 0.3) is 0 Å². The molecule has 24 heavy (non-hydrogen) atoms. The van der Waals surface area contributed by atoms with Gasteiger partial charge in [0, 0.05) is 31.4 Å². The van der Waals surface area contributed by atoms with E-state index in [0.29, 0.717) is 17.0 Å². The lowest BCUT2D eigenvalue weighted by atomic mass is 10.2. The molecule has 2 aromatic rings. The first-order valence-electron chi connectivity index (χ1n) is 7.31. The van der Waals surface area contributed by atoms with E-state index in [1.807, 2.05) is 13.0 Å². The topological polar surface area (TPSA) is 49.3 Å². The molecule has 0 saturated heterocycles. The summed E-state index contributed by atoms with van der Waals surface area (Å²) in [6.07, 6.45) is 0.854. The van der Waals surface area contributed by atoms with E-state index in [-0.39, 0.29) is 29.8 Å². The van der Waals surface area contributed by atoms with Crippen LogP contribution in [0.2, 0.25) is 0 Å². The van der Waals surface area contributed by atoms with E-state index in [1.165, 1.54) is 10.9 Å². The monoisotopic (exact) mass is 526 g/mol. The van der Waals surface area contributed by atoms with Gasteiger partial charge in [-0.1, -0.05) is 6.07 Å². The summed E-state index contributed by atoms with van der Waals surface area (Å²) < 4.78 is 14.0. The zero-order valence-electron chi connectivity index (χ0n) is 13.8. The highest BCUT2D eigenvalue weighted by Gasteiger charge is 2.05. The molecule has 0 radical (unpaired) electrons. The van der Waals surface area contributed by atoms with Crippen LogP contribution in [-0.4, -0.2) is 24.5 Å². The smallest absolute Gasteiger partial charge is 0.191 e. The Bertz CT molecular complexity index is 686. The largest absolute Gasteiger partial charge is 0.356 e. The molecular formula is C16H21BrFIN4S. The van der Waals surface area contributed by atoms with Gasteiger partial charge >= 0.3 is 0 Å². The van der Waals surface area contributed by atoms with E-state index in [0.717, 1.165) is 29.2 Å². The van der Waals surface area contributed by atoms with Crippen molar-refractivity contribution in [2.75, 3.05) is 13.6 Å². The molecule has 0 aliphatic rings. The van der Waals surface area contributed by atoms with Gasteiger partial charge in [0.15, 0.2) is 5.96 Å². The van der Waals surface area contributed by atoms with Crippen LogP contribution < -0.4 is 10.6 Å². The van der Waals surface area contributed by atoms with Crippen molar-refractivity contribution in [2.45, 2.75) is 26.8 Å². The van der Waals surface area contributed by atoms with Gasteiger partial charge in [0.1, 0.15) is 5.82 Å². The number of halogens is 3. The van der Waals surface area contributed by atoms with Crippen LogP contribution in [-0.2, 0) is 13.0 Å². The third-order valence-electron chi connectivity index (χ3n) is 3.37. The number of nitrogens with one attached hydrogen (secondary N) is 2. The minimum Gasteiger partial charge on any atom is -0.356 e. The van der Waals surface area contributed by atoms with Crippen LogP contribution >= 0.6 is 51.2 Å². The predicted octanol–water partition coefficient (Wildman–Crippen LogP) is 4.19. The lowest BCUT2D eigenvalue weighted by Gasteiger charge is -2.11. The molecule has 0 fully saturated rings. The molecule has 0 saturated carbocycles. The molecule has 0 unspecified atom stereocenters. The number of hydrogen-bond donors (Lipinski definition) is 2. The highest BCUT2D eigenvalue weighted by atomic mass is 127. The molecule has 1 aromatic carbocycles. The number of guanidine groups is 1. The van der Waals surface area contributed by atoms with Crippen molar-refractivity contribution < 1.29 is 4.39 Å². The van der Waals surface area contributed by atoms with Crippen LogP contribution in [0.15, 0.2) is 27.7 Å². The molecule has 132 valence electrons. The summed E-state index contributed by atoms with van der Waals surface area (Å²) in [5.41, 5.74) is 1.96. The van der Waals surface area contributed by atoms with Crippen LogP contribution in [0.1, 0.15) is 21.1 Å². The third-order valence-corrected chi connectivity index (χ3v) is 5.15. The molecule has 0 bridgehead atoms. The Morgan fingerprint density at radius 2 is 2.08 bits per heavy atom. The maximum atomic E-state index is 13.5. The molecule has 2 N–H and O–H groups in total. The average Bonchev–Trinajstić information content (AvgIpc) is 2.84. The lowest BCUT2D eigenvalue weighted by molar-refractivity contribution is 0.617. The quantitative estimate of drug-likeness (QED) is 0.349. The molecule has 1 aromatic heterocycles. The van der Waals surface area contributed by atoms with Crippen molar-refractivity contribution in [2.24, 2.45) is 4.99 Å². The number of rotatable bonds is 5. The van der Waals surface area contributed by atoms with Crippen molar-refractivity contribution in [3.63, 3.8) is 0 Å². The molecule has 0 aliphatic carbocycles. The molecule has 0 amide bonds. The van der Waals surface area contributed by atoms with Crippen molar-refractivity contribution in [3.05, 3.63) is 49.6 Å². The van der Waals surface area contributed by atoms with Gasteiger partial charge in [-0.05, 0) is 47.5 Å². The Balaban J connectivity index is 0.00000288. The van der Waals surface area contributed by atoms with Crippen molar-refractivity contribution in [3.8, 4) is 0 Å². The summed E-state index contributed by atoms with van der Waals surface area (Å²) >= 11 is 4.88. The molecule has 0 spiro atoms. The first kappa shape index (κ1) is 21.3. The van der Waals surface area contributed by atoms with E-state index in [4.69, 9.17) is 0 Å². The Hall–Kier alpha value is -0.740. The fraction of sp³-hybridized carbons (Fsp3) is 0.375. The van der Waals surface area contributed by atoms with E-state index >= 15 is 0 Å². The Morgan fingerprint density at radius 3 is 2.67 bits per heavy atom. The first-order valence-corrected chi connectivity index (χ1v) is 8.92. The fourth-order valence-corrected chi connectivity index (χ4v) is 3.17. The molecule has 1 heterocycles. The molecular weight excluding hydrogens is 506 g/mol. The molecule has 0 atom stereocenters. The van der Waals surface area contributed by atoms with Gasteiger partial charge in [0.2, 0.25) is 0 Å². The van der Waals surface area contributed by atoms with Crippen molar-refractivity contribution in [1.82, 2.24) is 15.6 Å². The van der Waals surface area contributed by atoms with Crippen LogP contribution in [0.4, 0.5) is 4.39 Å². The zero-order chi connectivity index (χ0) is 16.8. The highest BCUT2D eigenvalue weighted by Crippen LogP contribution is 2.17. The SMILES string of the molecule is CN=C(NCCc1nc(C)c(C)s1)NCc1ccc(Br)c(F)c1.I. The third kappa shape index (κ3) is 6.29. The summed E-state index contributed by atoms with van der Waals surface area (Å²) in [5, 5.41) is 7.54. The van der Waals surface area contributed by atoms with Crippen molar-refractivity contribution >= 4 is 57.2 Å². The number of aryl methyl sites for hydroxylation is 2. The number of aliphatic imine (C=N–C) groups is 1. The van der Waals surface area contributed by atoms with E-state index in [9.17, 15) is 4.39 Å². The summed E-state index contributed by atoms with van der Waals surface area (Å²) in [6, 6.07) is 5.08. The summed E-state index contributed by atoms with van der Waals surface area (Å²) in [4.78, 5) is 9.95. The van der Waals surface area contributed by atoms with Crippen LogP contribution in [0, 0.1) is 19.7 Å². The van der Waals surface area contributed by atoms with E-state index in [2.05, 4.69) is 43.5 Å². The van der Waals surface area contributed by atoms with Crippen LogP contribution in [0.5, 0.6) is 0 Å². The molecule has 2 rings (SSSR count). The summed E-state index contributed by atoms with van der Waals surface area (Å²) in [7, 11) is 1.72. The highest BCUT2D eigenvalue weighted by molar-refractivity contribution is 14.0. The standard InChI is InChI=1S/C16H20BrFN4S.HI/c1-10-11(2)23-15(22-10)6-7-20-16(19-3)21-9-12-4-5-13(17)14(18)8-12;/h4-5,8H,6-7,9H2,1-3H3,(H2,19,20,21);1H. The molecule has 4 nitrogen and oxygen atoms in total. The number of hydrogen-bond acceptors (Lipinski definition) is 3. The zero-order valence-corrected chi connectivity index (χ0v) is 18.6. The van der Waals surface area contributed by atoms with Crippen molar-refractivity contribution in [1.29, 1.82) is 0 Å². The van der Waals surface area contributed by atoms with Gasteiger partial charge in [0.05, 0.1) is 15.2 Å². The van der Waals surface area contributed by atoms with Gasteiger partial charge in [-0.25, -0.2) is 9.37 Å². The van der Waals surface area contributed by atoms with Gasteiger partial charge in [0.25, 0.3) is 0 Å². The van der Waals surface area contributed by atoms with Gasteiger partial charge in [-0.15, -0.1) is 35.3 Å². The second kappa shape index (κ2) is 10.3. The Morgan fingerprint density at radius 1 is 1.33 bits per heavy atom. The Labute approximate surface area is 171 Å². The number of benzene rings is 1. The number of thiazole rings is 1. The first-order chi connectivity index (χ1) is 11.0. The van der Waals surface area contributed by atoms with E-state index in [1.54, 1.807) is 24.5 Å². The fourth-order valence-electron chi connectivity index (χ4n) is 1.99. The maximum absolute atomic E-state index is 13.5. The van der Waals surface area contributed by atoms with Gasteiger partial charge < -0.3 is 10.6 Å². The lowest BCUT2D eigenvalue weighted by Crippen LogP contribution is -2.37. The maximum Gasteiger partial charge on any atom is 0.191 e. The molecule has 0 aliphatic heterocycles. The minimum absolute atomic E-state index is 0. The Kier molecular flexibility index (Phi) is 9.14. The van der Waals surface area contributed by atoms with Gasteiger partial charge in [-0.3, -0.25) is 4.99 Å². The predicted molar refractivity (Wildman–Crippen MR) is 113 cm³/mol. The second-order valence-electron chi connectivity index (χ2n) is 5.10. The average molecular weight is 527 g/mol. The summed E-state index contributed by atoms with van der Waals surface area (Å²) in [5.74, 6) is 0.431. The number of aromatic nitrogens is 1. The normalized spacial score (nSPS) is 11.1. The number of nitrogens with zero attached hydrogens (tertiary/aromatic N) is 2. The van der Waals surface area contributed by atoms with E-state index < -0.39 is 0 Å². The minimum atomic E-state index is -0.262. The van der Waals surface area contributed by atoms with Gasteiger partial charge in [-0.2, -0.15) is 0 Å². The molecule has 8 heteroatoms. The van der Waals surface area contributed by atoms with Crippen LogP contribution in [0.3, 0.4) is 0 Å². The second-order valence-corrected chi connectivity index (χ2v) is 7.24.